The molecular formula is C9H15N2O5S-. The van der Waals surface area contributed by atoms with Gasteiger partial charge in [-0.25, -0.2) is 0 Å². The van der Waals surface area contributed by atoms with E-state index in [1.54, 1.807) is 0 Å². The average Bonchev–Trinajstić information content (AvgIpc) is 2.26. The zero-order chi connectivity index (χ0) is 13.1. The molecule has 1 rings (SSSR count). The highest BCUT2D eigenvalue weighted by Gasteiger charge is 2.40. The van der Waals surface area contributed by atoms with Crippen LogP contribution >= 0.6 is 0 Å². The Bertz CT molecular complexity index is 379. The maximum absolute atomic E-state index is 11.6. The number of carboxylic acid groups (broad SMARTS) is 1. The Morgan fingerprint density at radius 1 is 1.47 bits per heavy atom. The van der Waals surface area contributed by atoms with Gasteiger partial charge in [0.15, 0.2) is 0 Å². The SMILES string of the molecule is CC(=O)NC(C(=O)O)C1([S-](=N)=O)CCOCC1. The molecule has 0 aromatic heterocycles. The maximum Gasteiger partial charge on any atom is 0.324 e. The molecule has 0 bridgehead atoms. The minimum Gasteiger partial charge on any atom is -0.480 e. The van der Waals surface area contributed by atoms with Gasteiger partial charge in [-0.05, 0) is 17.6 Å². The highest BCUT2D eigenvalue weighted by atomic mass is 32.2. The van der Waals surface area contributed by atoms with Gasteiger partial charge in [0.1, 0.15) is 6.04 Å². The summed E-state index contributed by atoms with van der Waals surface area (Å²) in [4.78, 5) is 22.2. The largest absolute Gasteiger partial charge is 0.480 e. The van der Waals surface area contributed by atoms with Gasteiger partial charge in [0, 0.05) is 20.1 Å². The summed E-state index contributed by atoms with van der Waals surface area (Å²) in [6.07, 6.45) is 0.362. The summed E-state index contributed by atoms with van der Waals surface area (Å²) in [5, 5.41) is 11.4. The van der Waals surface area contributed by atoms with Gasteiger partial charge in [0.25, 0.3) is 0 Å². The number of carboxylic acids is 1. The van der Waals surface area contributed by atoms with E-state index in [1.165, 1.54) is 6.92 Å². The van der Waals surface area contributed by atoms with Gasteiger partial charge in [-0.1, -0.05) is 0 Å². The number of carbonyl (C=O) groups is 2. The molecule has 1 fully saturated rings. The zero-order valence-electron chi connectivity index (χ0n) is 9.39. The molecule has 1 unspecified atom stereocenters. The molecule has 0 radical (unpaired) electrons. The predicted octanol–water partition coefficient (Wildman–Crippen LogP) is -0.149. The first-order chi connectivity index (χ1) is 7.90. The van der Waals surface area contributed by atoms with Crippen LogP contribution in [-0.2, 0) is 29.1 Å². The Balaban J connectivity index is 3.08. The molecule has 1 heterocycles. The Morgan fingerprint density at radius 3 is 2.35 bits per heavy atom. The topological polar surface area (TPSA) is 117 Å². The van der Waals surface area contributed by atoms with Crippen LogP contribution < -0.4 is 5.32 Å². The Morgan fingerprint density at radius 2 is 2.00 bits per heavy atom. The molecule has 1 amide bonds. The van der Waals surface area contributed by atoms with E-state index in [4.69, 9.17) is 14.6 Å². The average molecular weight is 263 g/mol. The molecule has 0 aliphatic carbocycles. The second kappa shape index (κ2) is 5.46. The van der Waals surface area contributed by atoms with Crippen molar-refractivity contribution in [2.24, 2.45) is 0 Å². The fourth-order valence-corrected chi connectivity index (χ4v) is 2.83. The van der Waals surface area contributed by atoms with Gasteiger partial charge in [0.2, 0.25) is 5.91 Å². The highest BCUT2D eigenvalue weighted by Crippen LogP contribution is 2.29. The maximum atomic E-state index is 11.6. The van der Waals surface area contributed by atoms with E-state index in [0.717, 1.165) is 0 Å². The van der Waals surface area contributed by atoms with Gasteiger partial charge in [-0.15, -0.1) is 0 Å². The summed E-state index contributed by atoms with van der Waals surface area (Å²) in [6.45, 7) is 1.68. The lowest BCUT2D eigenvalue weighted by molar-refractivity contribution is -0.143. The van der Waals surface area contributed by atoms with Crippen molar-refractivity contribution in [2.75, 3.05) is 13.2 Å². The second-order valence-corrected chi connectivity index (χ2v) is 5.27. The smallest absolute Gasteiger partial charge is 0.324 e. The third-order valence-electron chi connectivity index (χ3n) is 2.83. The van der Waals surface area contributed by atoms with E-state index in [1.807, 2.05) is 0 Å². The molecule has 17 heavy (non-hydrogen) atoms. The lowest BCUT2D eigenvalue weighted by atomic mass is 9.90. The number of ether oxygens (including phenoxy) is 1. The number of hydrogen-bond acceptors (Lipinski definition) is 6. The predicted molar refractivity (Wildman–Crippen MR) is 58.8 cm³/mol. The number of hydrogen-bond donors (Lipinski definition) is 3. The monoisotopic (exact) mass is 263 g/mol. The van der Waals surface area contributed by atoms with Crippen LogP contribution in [0.1, 0.15) is 19.8 Å². The molecule has 0 aromatic rings. The van der Waals surface area contributed by atoms with E-state index in [0.29, 0.717) is 0 Å². The van der Waals surface area contributed by atoms with E-state index < -0.39 is 33.3 Å². The summed E-state index contributed by atoms with van der Waals surface area (Å²) in [5.41, 5.74) is 0. The van der Waals surface area contributed by atoms with Gasteiger partial charge in [0.05, 0.1) is 0 Å². The van der Waals surface area contributed by atoms with Gasteiger partial charge < -0.3 is 24.1 Å². The molecule has 3 N–H and O–H groups in total. The number of carbonyl (C=O) groups excluding carboxylic acids is 1. The van der Waals surface area contributed by atoms with Crippen molar-refractivity contribution in [1.29, 1.82) is 4.78 Å². The molecule has 0 aromatic carbocycles. The van der Waals surface area contributed by atoms with Crippen molar-refractivity contribution in [3.8, 4) is 0 Å². The van der Waals surface area contributed by atoms with Crippen LogP contribution in [0.4, 0.5) is 0 Å². The van der Waals surface area contributed by atoms with E-state index in [2.05, 4.69) is 5.32 Å². The number of rotatable bonds is 4. The molecule has 1 atom stereocenters. The summed E-state index contributed by atoms with van der Waals surface area (Å²) in [6, 6.07) is -1.32. The van der Waals surface area contributed by atoms with Crippen molar-refractivity contribution in [3.05, 3.63) is 0 Å². The number of nitrogens with one attached hydrogen (secondary N) is 2. The summed E-state index contributed by atoms with van der Waals surface area (Å²) in [5.74, 6) is -1.79. The van der Waals surface area contributed by atoms with Crippen LogP contribution in [0.15, 0.2) is 0 Å². The molecule has 0 saturated carbocycles. The molecule has 7 nitrogen and oxygen atoms in total. The standard InChI is InChI=1S/C9H15N2O5S/c1-6(12)11-7(8(13)14)9(17(10)15)2-4-16-5-3-9/h7,10H,2-5H2,1H3,(H,11,12)(H,13,14)/q-1. The third-order valence-corrected chi connectivity index (χ3v) is 4.21. The van der Waals surface area contributed by atoms with Crippen LogP contribution in [0.5, 0.6) is 0 Å². The first-order valence-electron chi connectivity index (χ1n) is 5.11. The van der Waals surface area contributed by atoms with E-state index >= 15 is 0 Å². The quantitative estimate of drug-likeness (QED) is 0.610. The van der Waals surface area contributed by atoms with Crippen LogP contribution in [0, 0.1) is 4.78 Å². The van der Waals surface area contributed by atoms with Crippen molar-refractivity contribution in [3.63, 3.8) is 0 Å². The minimum atomic E-state index is -2.10. The van der Waals surface area contributed by atoms with Crippen LogP contribution in [0.25, 0.3) is 0 Å². The number of aliphatic carboxylic acids is 1. The Labute approximate surface area is 101 Å². The third kappa shape index (κ3) is 2.95. The lowest BCUT2D eigenvalue weighted by Crippen LogP contribution is -2.59. The van der Waals surface area contributed by atoms with Crippen molar-refractivity contribution in [2.45, 2.75) is 30.6 Å². The summed E-state index contributed by atoms with van der Waals surface area (Å²) >= 11 is 0. The molecule has 98 valence electrons. The van der Waals surface area contributed by atoms with Crippen LogP contribution in [-0.4, -0.2) is 41.0 Å². The number of amides is 1. The Hall–Kier alpha value is -1.15. The van der Waals surface area contributed by atoms with E-state index in [-0.39, 0.29) is 26.1 Å². The lowest BCUT2D eigenvalue weighted by Gasteiger charge is -2.44. The first-order valence-corrected chi connectivity index (χ1v) is 6.26. The van der Waals surface area contributed by atoms with Crippen molar-refractivity contribution in [1.82, 2.24) is 5.32 Å². The molecule has 1 aliphatic heterocycles. The zero-order valence-corrected chi connectivity index (χ0v) is 10.2. The van der Waals surface area contributed by atoms with Crippen LogP contribution in [0.3, 0.4) is 0 Å². The molecular weight excluding hydrogens is 248 g/mol. The summed E-state index contributed by atoms with van der Waals surface area (Å²) in [7, 11) is -2.10. The fourth-order valence-electron chi connectivity index (χ4n) is 1.92. The normalized spacial score (nSPS) is 20.8. The summed E-state index contributed by atoms with van der Waals surface area (Å²) < 4.78 is 22.8. The highest BCUT2D eigenvalue weighted by molar-refractivity contribution is 7.75. The first kappa shape index (κ1) is 13.9. The van der Waals surface area contributed by atoms with Gasteiger partial charge in [-0.3, -0.25) is 9.59 Å². The Kier molecular flexibility index (Phi) is 4.47. The van der Waals surface area contributed by atoms with Gasteiger partial charge in [-0.2, -0.15) is 10.6 Å². The van der Waals surface area contributed by atoms with E-state index in [9.17, 15) is 13.8 Å². The minimum absolute atomic E-state index is 0.181. The van der Waals surface area contributed by atoms with Crippen molar-refractivity contribution < 1.29 is 23.6 Å². The van der Waals surface area contributed by atoms with Gasteiger partial charge >= 0.3 is 5.97 Å². The van der Waals surface area contributed by atoms with Crippen LogP contribution in [0.2, 0.25) is 0 Å². The van der Waals surface area contributed by atoms with Crippen molar-refractivity contribution >= 4 is 22.5 Å². The molecule has 1 saturated heterocycles. The fraction of sp³-hybridized carbons (Fsp3) is 0.778. The molecule has 1 aliphatic rings. The second-order valence-electron chi connectivity index (χ2n) is 3.92. The molecule has 8 heteroatoms. The molecule has 0 spiro atoms.